The zero-order valence-corrected chi connectivity index (χ0v) is 19.6. The summed E-state index contributed by atoms with van der Waals surface area (Å²) >= 11 is 0. The molecule has 0 unspecified atom stereocenters. The van der Waals surface area contributed by atoms with E-state index >= 15 is 0 Å². The number of carbonyl (C=O) groups is 1. The van der Waals surface area contributed by atoms with Gasteiger partial charge in [0.15, 0.2) is 0 Å². The van der Waals surface area contributed by atoms with Crippen molar-refractivity contribution < 1.29 is 15.0 Å². The highest BCUT2D eigenvalue weighted by atomic mass is 16.4. The first-order valence-corrected chi connectivity index (χ1v) is 10.9. The monoisotopic (exact) mass is 392 g/mol. The molecule has 1 aromatic carbocycles. The highest BCUT2D eigenvalue weighted by Gasteiger charge is 2.26. The van der Waals surface area contributed by atoms with Crippen molar-refractivity contribution in [2.45, 2.75) is 118 Å². The average Bonchev–Trinajstić information content (AvgIpc) is 2.56. The van der Waals surface area contributed by atoms with Gasteiger partial charge in [-0.3, -0.25) is 4.79 Å². The maximum Gasteiger partial charge on any atom is 0.303 e. The molecular formula is C25H44O3. The highest BCUT2D eigenvalue weighted by molar-refractivity contribution is 5.67. The van der Waals surface area contributed by atoms with Gasteiger partial charge in [0.25, 0.3) is 0 Å². The van der Waals surface area contributed by atoms with E-state index in [1.54, 1.807) is 0 Å². The van der Waals surface area contributed by atoms with Crippen LogP contribution in [-0.4, -0.2) is 16.2 Å². The summed E-state index contributed by atoms with van der Waals surface area (Å²) in [5.41, 5.74) is 2.38. The summed E-state index contributed by atoms with van der Waals surface area (Å²) in [4.78, 5) is 10.8. The van der Waals surface area contributed by atoms with Gasteiger partial charge in [-0.2, -0.15) is 0 Å². The van der Waals surface area contributed by atoms with E-state index in [2.05, 4.69) is 55.4 Å². The number of carboxylic acids is 1. The summed E-state index contributed by atoms with van der Waals surface area (Å²) in [5, 5.41) is 19.4. The second kappa shape index (κ2) is 12.1. The van der Waals surface area contributed by atoms with Crippen LogP contribution in [0.3, 0.4) is 0 Å². The lowest BCUT2D eigenvalue weighted by Crippen LogP contribution is -2.18. The van der Waals surface area contributed by atoms with Gasteiger partial charge in [0.1, 0.15) is 5.75 Å². The Bertz CT molecular complexity index is 548. The van der Waals surface area contributed by atoms with Crippen molar-refractivity contribution in [2.75, 3.05) is 0 Å². The lowest BCUT2D eigenvalue weighted by molar-refractivity contribution is -0.136. The van der Waals surface area contributed by atoms with Crippen molar-refractivity contribution in [3.05, 3.63) is 28.8 Å². The Kier molecular flexibility index (Phi) is 11.5. The molecule has 0 aromatic heterocycles. The van der Waals surface area contributed by atoms with Crippen molar-refractivity contribution in [3.63, 3.8) is 0 Å². The maximum atomic E-state index is 10.8. The molecular weight excluding hydrogens is 348 g/mol. The fourth-order valence-corrected chi connectivity index (χ4v) is 3.09. The third kappa shape index (κ3) is 10.1. The summed E-state index contributed by atoms with van der Waals surface area (Å²) in [7, 11) is 0. The molecule has 3 nitrogen and oxygen atoms in total. The molecule has 0 aliphatic rings. The number of hydrogen-bond donors (Lipinski definition) is 2. The Morgan fingerprint density at radius 1 is 0.821 bits per heavy atom. The molecule has 1 aromatic rings. The molecule has 28 heavy (non-hydrogen) atoms. The molecule has 1 rings (SSSR count). The number of aryl methyl sites for hydroxylation is 1. The minimum atomic E-state index is -0.798. The maximum absolute atomic E-state index is 10.8. The number of aliphatic carboxylic acids is 1. The molecule has 3 heteroatoms. The molecule has 0 spiro atoms. The molecule has 0 atom stereocenters. The number of carboxylic acid groups (broad SMARTS) is 1. The van der Waals surface area contributed by atoms with Crippen LogP contribution in [0.1, 0.15) is 117 Å². The van der Waals surface area contributed by atoms with Gasteiger partial charge in [-0.05, 0) is 33.9 Å². The molecule has 2 N–H and O–H groups in total. The van der Waals surface area contributed by atoms with Gasteiger partial charge < -0.3 is 10.2 Å². The Hall–Kier alpha value is -1.51. The molecule has 0 saturated heterocycles. The van der Waals surface area contributed by atoms with Crippen molar-refractivity contribution in [1.29, 1.82) is 0 Å². The third-order valence-corrected chi connectivity index (χ3v) is 4.87. The fourth-order valence-electron chi connectivity index (χ4n) is 3.09. The number of unbranched alkanes of at least 4 members (excludes halogenated alkanes) is 5. The van der Waals surface area contributed by atoms with Crippen LogP contribution < -0.4 is 0 Å². The van der Waals surface area contributed by atoms with Gasteiger partial charge in [-0.25, -0.2) is 0 Å². The SMILES string of the molecule is CC(C)(C)c1cc(CCC(=O)O)cc(C(C)(C)C)c1O.CCCCCCCC. The van der Waals surface area contributed by atoms with E-state index in [0.717, 1.165) is 16.7 Å². The van der Waals surface area contributed by atoms with Crippen molar-refractivity contribution in [2.24, 2.45) is 0 Å². The van der Waals surface area contributed by atoms with Crippen LogP contribution in [0, 0.1) is 0 Å². The molecule has 0 bridgehead atoms. The number of benzene rings is 1. The van der Waals surface area contributed by atoms with E-state index in [-0.39, 0.29) is 17.3 Å². The van der Waals surface area contributed by atoms with Gasteiger partial charge >= 0.3 is 5.97 Å². The number of rotatable bonds is 8. The molecule has 162 valence electrons. The van der Waals surface area contributed by atoms with Crippen molar-refractivity contribution >= 4 is 5.97 Å². The standard InChI is InChI=1S/C17H26O3.C8H18/c1-16(2,3)12-9-11(7-8-14(18)19)10-13(15(12)20)17(4,5)6;1-3-5-7-8-6-4-2/h9-10,20H,7-8H2,1-6H3,(H,18,19);3-8H2,1-2H3. The predicted octanol–water partition coefficient (Wildman–Crippen LogP) is 7.37. The van der Waals surface area contributed by atoms with Crippen molar-refractivity contribution in [3.8, 4) is 5.75 Å². The predicted molar refractivity (Wildman–Crippen MR) is 121 cm³/mol. The van der Waals surface area contributed by atoms with E-state index in [9.17, 15) is 9.90 Å². The molecule has 0 saturated carbocycles. The molecule has 0 fully saturated rings. The summed E-state index contributed by atoms with van der Waals surface area (Å²) < 4.78 is 0. The van der Waals surface area contributed by atoms with Crippen molar-refractivity contribution in [1.82, 2.24) is 0 Å². The third-order valence-electron chi connectivity index (χ3n) is 4.87. The average molecular weight is 393 g/mol. The van der Waals surface area contributed by atoms with Gasteiger partial charge in [-0.15, -0.1) is 0 Å². The number of aromatic hydroxyl groups is 1. The van der Waals surface area contributed by atoms with Crippen LogP contribution in [0.25, 0.3) is 0 Å². The lowest BCUT2D eigenvalue weighted by Gasteiger charge is -2.28. The van der Waals surface area contributed by atoms with E-state index in [4.69, 9.17) is 5.11 Å². The summed E-state index contributed by atoms with van der Waals surface area (Å²) in [5.74, 6) is -0.461. The van der Waals surface area contributed by atoms with Crippen LogP contribution >= 0.6 is 0 Å². The van der Waals surface area contributed by atoms with E-state index < -0.39 is 5.97 Å². The minimum absolute atomic E-state index is 0.109. The topological polar surface area (TPSA) is 57.5 Å². The lowest BCUT2D eigenvalue weighted by atomic mass is 9.78. The molecule has 0 amide bonds. The van der Waals surface area contributed by atoms with Crippen LogP contribution in [0.2, 0.25) is 0 Å². The minimum Gasteiger partial charge on any atom is -0.507 e. The van der Waals surface area contributed by atoms with Gasteiger partial charge in [0.2, 0.25) is 0 Å². The highest BCUT2D eigenvalue weighted by Crippen LogP contribution is 2.39. The van der Waals surface area contributed by atoms with Gasteiger partial charge in [0.05, 0.1) is 0 Å². The second-order valence-electron chi connectivity index (χ2n) is 9.85. The molecule has 0 aliphatic carbocycles. The first-order chi connectivity index (χ1) is 12.8. The molecule has 0 heterocycles. The number of phenolic OH excluding ortho intramolecular Hbond substituents is 1. The second-order valence-corrected chi connectivity index (χ2v) is 9.85. The fraction of sp³-hybridized carbons (Fsp3) is 0.720. The Balaban J connectivity index is 0.000000769. The Labute approximate surface area is 173 Å². The number of hydrogen-bond acceptors (Lipinski definition) is 2. The summed E-state index contributed by atoms with van der Waals surface area (Å²) in [6.07, 6.45) is 9.09. The Morgan fingerprint density at radius 2 is 1.21 bits per heavy atom. The smallest absolute Gasteiger partial charge is 0.303 e. The van der Waals surface area contributed by atoms with Crippen LogP contribution in [0.5, 0.6) is 5.75 Å². The molecule has 0 radical (unpaired) electrons. The van der Waals surface area contributed by atoms with Crippen LogP contribution in [0.4, 0.5) is 0 Å². The van der Waals surface area contributed by atoms with Gasteiger partial charge in [0, 0.05) is 6.42 Å². The molecule has 0 aliphatic heterocycles. The van der Waals surface area contributed by atoms with Gasteiger partial charge in [-0.1, -0.05) is 106 Å². The van der Waals surface area contributed by atoms with E-state index in [1.807, 2.05) is 12.1 Å². The Morgan fingerprint density at radius 3 is 1.50 bits per heavy atom. The zero-order valence-electron chi connectivity index (χ0n) is 19.6. The first-order valence-electron chi connectivity index (χ1n) is 10.9. The number of phenols is 1. The summed E-state index contributed by atoms with van der Waals surface area (Å²) in [6.45, 7) is 16.8. The zero-order chi connectivity index (χ0) is 22.0. The van der Waals surface area contributed by atoms with Crippen LogP contribution in [0.15, 0.2) is 12.1 Å². The summed E-state index contributed by atoms with van der Waals surface area (Å²) in [6, 6.07) is 3.88. The quantitative estimate of drug-likeness (QED) is 0.454. The van der Waals surface area contributed by atoms with E-state index in [0.29, 0.717) is 12.2 Å². The van der Waals surface area contributed by atoms with Crippen LogP contribution in [-0.2, 0) is 22.0 Å². The largest absolute Gasteiger partial charge is 0.507 e. The first kappa shape index (κ1) is 26.5. The normalized spacial score (nSPS) is 11.7. The van der Waals surface area contributed by atoms with E-state index in [1.165, 1.54) is 38.5 Å².